The van der Waals surface area contributed by atoms with Crippen molar-refractivity contribution in [1.82, 2.24) is 9.80 Å². The molecule has 1 aliphatic heterocycles. The fourth-order valence-electron chi connectivity index (χ4n) is 2.78. The van der Waals surface area contributed by atoms with Crippen molar-refractivity contribution in [2.75, 3.05) is 39.8 Å². The summed E-state index contributed by atoms with van der Waals surface area (Å²) in [4.78, 5) is 25.2. The number of morpholine rings is 1. The number of nitrogens with zero attached hydrogens (tertiary/aromatic N) is 3. The Hall–Kier alpha value is -1.74. The lowest BCUT2D eigenvalue weighted by Gasteiger charge is -2.34. The summed E-state index contributed by atoms with van der Waals surface area (Å²) in [6.07, 6.45) is -0.138. The second-order valence-electron chi connectivity index (χ2n) is 5.85. The maximum atomic E-state index is 11.1. The van der Waals surface area contributed by atoms with Crippen LogP contribution in [-0.4, -0.2) is 71.7 Å². The highest BCUT2D eigenvalue weighted by Crippen LogP contribution is 2.24. The van der Waals surface area contributed by atoms with Crippen LogP contribution in [0.25, 0.3) is 0 Å². The van der Waals surface area contributed by atoms with Gasteiger partial charge in [0, 0.05) is 42.8 Å². The van der Waals surface area contributed by atoms with Gasteiger partial charge in [-0.1, -0.05) is 11.6 Å². The van der Waals surface area contributed by atoms with Crippen LogP contribution in [0.3, 0.4) is 0 Å². The summed E-state index contributed by atoms with van der Waals surface area (Å²) in [5.74, 6) is -0.889. The highest BCUT2D eigenvalue weighted by atomic mass is 35.5. The zero-order chi connectivity index (χ0) is 17.7. The van der Waals surface area contributed by atoms with Gasteiger partial charge in [-0.2, -0.15) is 0 Å². The first kappa shape index (κ1) is 18.6. The van der Waals surface area contributed by atoms with Crippen LogP contribution in [0.1, 0.15) is 5.56 Å². The molecule has 132 valence electrons. The number of carbonyl (C=O) groups is 1. The molecule has 1 atom stereocenters. The predicted octanol–water partition coefficient (Wildman–Crippen LogP) is 1.47. The van der Waals surface area contributed by atoms with Crippen LogP contribution < -0.4 is 0 Å². The molecule has 1 fully saturated rings. The largest absolute Gasteiger partial charge is 0.480 e. The van der Waals surface area contributed by atoms with Crippen LogP contribution in [-0.2, 0) is 16.1 Å². The minimum absolute atomic E-state index is 0.0467. The molecule has 1 unspecified atom stereocenters. The summed E-state index contributed by atoms with van der Waals surface area (Å²) in [7, 11) is 1.72. The molecule has 1 aliphatic rings. The quantitative estimate of drug-likeness (QED) is 0.583. The van der Waals surface area contributed by atoms with Gasteiger partial charge in [-0.3, -0.25) is 24.7 Å². The Labute approximate surface area is 144 Å². The molecule has 0 radical (unpaired) electrons. The zero-order valence-corrected chi connectivity index (χ0v) is 14.1. The van der Waals surface area contributed by atoms with Crippen molar-refractivity contribution in [2.45, 2.75) is 12.6 Å². The number of hydrogen-bond acceptors (Lipinski definition) is 6. The molecule has 0 saturated carbocycles. The molecule has 9 heteroatoms. The first-order valence-corrected chi connectivity index (χ1v) is 7.90. The molecule has 1 aromatic rings. The van der Waals surface area contributed by atoms with Crippen LogP contribution >= 0.6 is 11.6 Å². The Kier molecular flexibility index (Phi) is 6.50. The standard InChI is InChI=1S/C15H20ClN3O5/c1-17(10-15(20)21)8-13-9-18(4-5-24-13)7-11-6-12(16)2-3-14(11)19(22)23/h2-3,6,13H,4-5,7-10H2,1H3,(H,20,21). The van der Waals surface area contributed by atoms with Crippen molar-refractivity contribution in [1.29, 1.82) is 0 Å². The van der Waals surface area contributed by atoms with Crippen molar-refractivity contribution in [3.8, 4) is 0 Å². The average molecular weight is 358 g/mol. The molecule has 24 heavy (non-hydrogen) atoms. The number of hydrogen-bond donors (Lipinski definition) is 1. The number of aliphatic carboxylic acids is 1. The van der Waals surface area contributed by atoms with Crippen LogP contribution in [0.5, 0.6) is 0 Å². The van der Waals surface area contributed by atoms with Gasteiger partial charge in [0.05, 0.1) is 24.2 Å². The lowest BCUT2D eigenvalue weighted by molar-refractivity contribution is -0.385. The van der Waals surface area contributed by atoms with E-state index in [1.54, 1.807) is 18.0 Å². The number of benzene rings is 1. The van der Waals surface area contributed by atoms with E-state index >= 15 is 0 Å². The number of halogens is 1. The SMILES string of the molecule is CN(CC(=O)O)CC1CN(Cc2cc(Cl)ccc2[N+](=O)[O-])CCO1. The third-order valence-electron chi connectivity index (χ3n) is 3.78. The van der Waals surface area contributed by atoms with Gasteiger partial charge >= 0.3 is 5.97 Å². The Morgan fingerprint density at radius 3 is 3.00 bits per heavy atom. The van der Waals surface area contributed by atoms with Crippen LogP contribution in [0.2, 0.25) is 5.02 Å². The van der Waals surface area contributed by atoms with E-state index in [0.29, 0.717) is 43.4 Å². The van der Waals surface area contributed by atoms with Crippen molar-refractivity contribution in [3.05, 3.63) is 38.9 Å². The Morgan fingerprint density at radius 1 is 1.58 bits per heavy atom. The smallest absolute Gasteiger partial charge is 0.317 e. The summed E-state index contributed by atoms with van der Waals surface area (Å²) >= 11 is 5.96. The molecule has 0 aromatic heterocycles. The van der Waals surface area contributed by atoms with Crippen LogP contribution in [0.4, 0.5) is 5.69 Å². The normalized spacial score (nSPS) is 18.7. The van der Waals surface area contributed by atoms with Crippen molar-refractivity contribution >= 4 is 23.3 Å². The molecule has 8 nitrogen and oxygen atoms in total. The lowest BCUT2D eigenvalue weighted by atomic mass is 10.1. The van der Waals surface area contributed by atoms with E-state index in [1.807, 2.05) is 0 Å². The third-order valence-corrected chi connectivity index (χ3v) is 4.01. The van der Waals surface area contributed by atoms with E-state index in [0.717, 1.165) is 0 Å². The molecule has 0 spiro atoms. The summed E-state index contributed by atoms with van der Waals surface area (Å²) < 4.78 is 5.66. The summed E-state index contributed by atoms with van der Waals surface area (Å²) in [5, 5.41) is 20.4. The molecule has 2 rings (SSSR count). The number of carboxylic acid groups (broad SMARTS) is 1. The van der Waals surface area contributed by atoms with E-state index in [4.69, 9.17) is 21.4 Å². The zero-order valence-electron chi connectivity index (χ0n) is 13.4. The Morgan fingerprint density at radius 2 is 2.33 bits per heavy atom. The summed E-state index contributed by atoms with van der Waals surface area (Å²) in [6.45, 7) is 2.57. The van der Waals surface area contributed by atoms with Gasteiger partial charge in [0.15, 0.2) is 0 Å². The van der Waals surface area contributed by atoms with E-state index in [-0.39, 0.29) is 18.3 Å². The molecule has 1 saturated heterocycles. The molecule has 0 aliphatic carbocycles. The Balaban J connectivity index is 1.99. The molecular weight excluding hydrogens is 338 g/mol. The molecular formula is C15H20ClN3O5. The Bertz CT molecular complexity index is 613. The monoisotopic (exact) mass is 357 g/mol. The number of rotatable bonds is 7. The minimum atomic E-state index is -0.889. The second kappa shape index (κ2) is 8.39. The number of nitro benzene ring substituents is 1. The maximum Gasteiger partial charge on any atom is 0.317 e. The van der Waals surface area contributed by atoms with E-state index in [1.165, 1.54) is 12.1 Å². The van der Waals surface area contributed by atoms with E-state index in [9.17, 15) is 14.9 Å². The third kappa shape index (κ3) is 5.41. The van der Waals surface area contributed by atoms with Gasteiger partial charge in [-0.05, 0) is 19.2 Å². The van der Waals surface area contributed by atoms with Crippen molar-refractivity contribution in [2.24, 2.45) is 0 Å². The number of nitro groups is 1. The molecule has 1 N–H and O–H groups in total. The predicted molar refractivity (Wildman–Crippen MR) is 88.3 cm³/mol. The highest BCUT2D eigenvalue weighted by Gasteiger charge is 2.24. The van der Waals surface area contributed by atoms with E-state index < -0.39 is 10.9 Å². The molecule has 0 bridgehead atoms. The number of ether oxygens (including phenoxy) is 1. The fourth-order valence-corrected chi connectivity index (χ4v) is 2.97. The lowest BCUT2D eigenvalue weighted by Crippen LogP contribution is -2.47. The molecule has 0 amide bonds. The maximum absolute atomic E-state index is 11.1. The topological polar surface area (TPSA) is 96.2 Å². The van der Waals surface area contributed by atoms with Gasteiger partial charge in [0.25, 0.3) is 5.69 Å². The van der Waals surface area contributed by atoms with Gasteiger partial charge in [0.2, 0.25) is 0 Å². The van der Waals surface area contributed by atoms with Crippen molar-refractivity contribution in [3.63, 3.8) is 0 Å². The van der Waals surface area contributed by atoms with Crippen molar-refractivity contribution < 1.29 is 19.6 Å². The number of likely N-dealkylation sites (N-methyl/N-ethyl adjacent to an activating group) is 1. The van der Waals surface area contributed by atoms with Crippen LogP contribution in [0, 0.1) is 10.1 Å². The van der Waals surface area contributed by atoms with Gasteiger partial charge < -0.3 is 9.84 Å². The van der Waals surface area contributed by atoms with E-state index in [2.05, 4.69) is 4.90 Å². The summed E-state index contributed by atoms with van der Waals surface area (Å²) in [5.41, 5.74) is 0.609. The minimum Gasteiger partial charge on any atom is -0.480 e. The fraction of sp³-hybridized carbons (Fsp3) is 0.533. The first-order valence-electron chi connectivity index (χ1n) is 7.52. The first-order chi connectivity index (χ1) is 11.3. The number of carboxylic acids is 1. The van der Waals surface area contributed by atoms with Crippen LogP contribution in [0.15, 0.2) is 18.2 Å². The second-order valence-corrected chi connectivity index (χ2v) is 6.28. The average Bonchev–Trinajstić information content (AvgIpc) is 2.46. The molecule has 1 heterocycles. The van der Waals surface area contributed by atoms with Gasteiger partial charge in [-0.25, -0.2) is 0 Å². The molecule has 1 aromatic carbocycles. The van der Waals surface area contributed by atoms with Gasteiger partial charge in [0.1, 0.15) is 0 Å². The van der Waals surface area contributed by atoms with Gasteiger partial charge in [-0.15, -0.1) is 0 Å². The summed E-state index contributed by atoms with van der Waals surface area (Å²) in [6, 6.07) is 4.53. The highest BCUT2D eigenvalue weighted by molar-refractivity contribution is 6.30.